The summed E-state index contributed by atoms with van der Waals surface area (Å²) in [5.41, 5.74) is 1.10. The lowest BCUT2D eigenvalue weighted by Crippen LogP contribution is -2.38. The van der Waals surface area contributed by atoms with Crippen LogP contribution < -0.4 is 10.6 Å². The van der Waals surface area contributed by atoms with E-state index in [4.69, 9.17) is 11.6 Å². The largest absolute Gasteiger partial charge is 0.329 e. The zero-order chi connectivity index (χ0) is 18.7. The first-order valence-electron chi connectivity index (χ1n) is 7.58. The van der Waals surface area contributed by atoms with E-state index in [1.54, 1.807) is 24.3 Å². The van der Waals surface area contributed by atoms with Gasteiger partial charge in [0.05, 0.1) is 0 Å². The summed E-state index contributed by atoms with van der Waals surface area (Å²) < 4.78 is 12.9. The smallest absolute Gasteiger partial charge is 0.325 e. The van der Waals surface area contributed by atoms with Crippen LogP contribution in [0.2, 0.25) is 5.02 Å². The van der Waals surface area contributed by atoms with Crippen LogP contribution in [0.15, 0.2) is 54.2 Å². The lowest BCUT2D eigenvalue weighted by Gasteiger charge is -2.11. The van der Waals surface area contributed by atoms with Crippen LogP contribution in [0.5, 0.6) is 0 Å². The van der Waals surface area contributed by atoms with E-state index < -0.39 is 30.2 Å². The summed E-state index contributed by atoms with van der Waals surface area (Å²) in [6, 6.07) is 11.1. The van der Waals surface area contributed by atoms with E-state index in [9.17, 15) is 18.8 Å². The minimum Gasteiger partial charge on any atom is -0.325 e. The molecule has 132 valence electrons. The highest BCUT2D eigenvalue weighted by atomic mass is 35.5. The molecule has 0 bridgehead atoms. The molecule has 2 N–H and O–H groups in total. The van der Waals surface area contributed by atoms with E-state index in [0.29, 0.717) is 16.3 Å². The average molecular weight is 374 g/mol. The number of rotatable bonds is 4. The minimum absolute atomic E-state index is 0.0619. The highest BCUT2D eigenvalue weighted by Gasteiger charge is 2.34. The summed E-state index contributed by atoms with van der Waals surface area (Å²) in [5.74, 6) is -1.62. The Kier molecular flexibility index (Phi) is 4.99. The Bertz CT molecular complexity index is 895. The molecule has 1 fully saturated rings. The lowest BCUT2D eigenvalue weighted by molar-refractivity contribution is -0.127. The van der Waals surface area contributed by atoms with Gasteiger partial charge in [-0.3, -0.25) is 9.59 Å². The maximum absolute atomic E-state index is 12.9. The second kappa shape index (κ2) is 7.37. The molecule has 6 nitrogen and oxygen atoms in total. The standard InChI is InChI=1S/C18H13ClFN3O3/c19-12-3-1-11(2-4-12)9-15-17(25)23(18(26)22-15)10-16(24)21-14-7-5-13(20)6-8-14/h1-9H,10H2,(H,21,24)(H,22,26)/b15-9-. The van der Waals surface area contributed by atoms with Gasteiger partial charge in [0.1, 0.15) is 18.1 Å². The van der Waals surface area contributed by atoms with Crippen molar-refractivity contribution in [1.82, 2.24) is 10.2 Å². The molecule has 2 aromatic carbocycles. The van der Waals surface area contributed by atoms with E-state index in [1.807, 2.05) is 0 Å². The Hall–Kier alpha value is -3.19. The number of carbonyl (C=O) groups excluding carboxylic acids is 3. The second-order valence-corrected chi connectivity index (χ2v) is 5.92. The Morgan fingerprint density at radius 1 is 1.12 bits per heavy atom. The van der Waals surface area contributed by atoms with Gasteiger partial charge < -0.3 is 10.6 Å². The van der Waals surface area contributed by atoms with E-state index >= 15 is 0 Å². The molecule has 0 unspecified atom stereocenters. The number of hydrogen-bond donors (Lipinski definition) is 2. The fourth-order valence-electron chi connectivity index (χ4n) is 2.32. The van der Waals surface area contributed by atoms with Gasteiger partial charge >= 0.3 is 6.03 Å². The summed E-state index contributed by atoms with van der Waals surface area (Å²) in [7, 11) is 0. The molecule has 0 aromatic heterocycles. The van der Waals surface area contributed by atoms with Crippen LogP contribution in [-0.4, -0.2) is 29.3 Å². The highest BCUT2D eigenvalue weighted by molar-refractivity contribution is 6.30. The Labute approximate surface area is 153 Å². The summed E-state index contributed by atoms with van der Waals surface area (Å²) in [4.78, 5) is 37.1. The Morgan fingerprint density at radius 2 is 1.77 bits per heavy atom. The number of hydrogen-bond acceptors (Lipinski definition) is 3. The van der Waals surface area contributed by atoms with Crippen LogP contribution in [0.4, 0.5) is 14.9 Å². The molecule has 26 heavy (non-hydrogen) atoms. The van der Waals surface area contributed by atoms with Crippen LogP contribution >= 0.6 is 11.6 Å². The third-order valence-electron chi connectivity index (χ3n) is 3.57. The Morgan fingerprint density at radius 3 is 2.42 bits per heavy atom. The minimum atomic E-state index is -0.690. The van der Waals surface area contributed by atoms with Gasteiger partial charge in [0, 0.05) is 10.7 Å². The molecule has 0 atom stereocenters. The third-order valence-corrected chi connectivity index (χ3v) is 3.82. The molecule has 1 aliphatic rings. The predicted molar refractivity (Wildman–Crippen MR) is 94.7 cm³/mol. The summed E-state index contributed by atoms with van der Waals surface area (Å²) in [6.45, 7) is -0.458. The number of halogens is 2. The normalized spacial score (nSPS) is 15.3. The number of imide groups is 1. The molecule has 3 rings (SSSR count). The Balaban J connectivity index is 1.67. The number of anilines is 1. The van der Waals surface area contributed by atoms with Crippen molar-refractivity contribution in [1.29, 1.82) is 0 Å². The van der Waals surface area contributed by atoms with Crippen LogP contribution in [0.1, 0.15) is 5.56 Å². The average Bonchev–Trinajstić information content (AvgIpc) is 2.86. The maximum Gasteiger partial charge on any atom is 0.329 e. The van der Waals surface area contributed by atoms with Crippen molar-refractivity contribution >= 4 is 41.2 Å². The van der Waals surface area contributed by atoms with Crippen LogP contribution in [0, 0.1) is 5.82 Å². The highest BCUT2D eigenvalue weighted by Crippen LogP contribution is 2.16. The van der Waals surface area contributed by atoms with Crippen molar-refractivity contribution in [2.75, 3.05) is 11.9 Å². The van der Waals surface area contributed by atoms with Gasteiger partial charge in [-0.05, 0) is 48.0 Å². The van der Waals surface area contributed by atoms with E-state index in [0.717, 1.165) is 4.90 Å². The number of amides is 4. The molecule has 8 heteroatoms. The van der Waals surface area contributed by atoms with Crippen molar-refractivity contribution in [2.24, 2.45) is 0 Å². The fraction of sp³-hybridized carbons (Fsp3) is 0.0556. The maximum atomic E-state index is 12.9. The molecule has 1 saturated heterocycles. The molecule has 4 amide bonds. The zero-order valence-corrected chi connectivity index (χ0v) is 14.1. The van der Waals surface area contributed by atoms with Gasteiger partial charge in [0.15, 0.2) is 0 Å². The molecular weight excluding hydrogens is 361 g/mol. The molecule has 1 aliphatic heterocycles. The number of nitrogens with zero attached hydrogens (tertiary/aromatic N) is 1. The summed E-state index contributed by atoms with van der Waals surface area (Å²) in [5, 5.41) is 5.47. The van der Waals surface area contributed by atoms with Gasteiger partial charge in [-0.2, -0.15) is 0 Å². The van der Waals surface area contributed by atoms with E-state index in [1.165, 1.54) is 30.3 Å². The first-order valence-corrected chi connectivity index (χ1v) is 7.96. The topological polar surface area (TPSA) is 78.5 Å². The van der Waals surface area contributed by atoms with Gasteiger partial charge in [-0.15, -0.1) is 0 Å². The summed E-state index contributed by atoms with van der Waals surface area (Å²) in [6.07, 6.45) is 1.49. The molecule has 0 radical (unpaired) electrons. The second-order valence-electron chi connectivity index (χ2n) is 5.49. The lowest BCUT2D eigenvalue weighted by atomic mass is 10.2. The number of urea groups is 1. The summed E-state index contributed by atoms with van der Waals surface area (Å²) >= 11 is 5.80. The SMILES string of the molecule is O=C(CN1C(=O)N/C(=C\c2ccc(Cl)cc2)C1=O)Nc1ccc(F)cc1. The molecule has 2 aromatic rings. The molecular formula is C18H13ClFN3O3. The number of carbonyl (C=O) groups is 3. The van der Waals surface area contributed by atoms with E-state index in [2.05, 4.69) is 10.6 Å². The zero-order valence-electron chi connectivity index (χ0n) is 13.3. The molecule has 1 heterocycles. The van der Waals surface area contributed by atoms with Gasteiger partial charge in [-0.25, -0.2) is 14.1 Å². The molecule has 0 spiro atoms. The van der Waals surface area contributed by atoms with Gasteiger partial charge in [0.25, 0.3) is 5.91 Å². The van der Waals surface area contributed by atoms with Gasteiger partial charge in [0.2, 0.25) is 5.91 Å². The van der Waals surface area contributed by atoms with Crippen LogP contribution in [-0.2, 0) is 9.59 Å². The third kappa shape index (κ3) is 4.07. The first kappa shape index (κ1) is 17.6. The first-order chi connectivity index (χ1) is 12.4. The number of nitrogens with one attached hydrogen (secondary N) is 2. The molecule has 0 saturated carbocycles. The van der Waals surface area contributed by atoms with Crippen LogP contribution in [0.3, 0.4) is 0 Å². The number of benzene rings is 2. The van der Waals surface area contributed by atoms with Crippen molar-refractivity contribution in [3.8, 4) is 0 Å². The van der Waals surface area contributed by atoms with Crippen LogP contribution in [0.25, 0.3) is 6.08 Å². The molecule has 0 aliphatic carbocycles. The van der Waals surface area contributed by atoms with Crippen molar-refractivity contribution in [3.63, 3.8) is 0 Å². The quantitative estimate of drug-likeness (QED) is 0.638. The monoisotopic (exact) mass is 373 g/mol. The fourth-order valence-corrected chi connectivity index (χ4v) is 2.44. The van der Waals surface area contributed by atoms with Gasteiger partial charge in [-0.1, -0.05) is 23.7 Å². The van der Waals surface area contributed by atoms with E-state index in [-0.39, 0.29) is 5.70 Å². The predicted octanol–water partition coefficient (Wildman–Crippen LogP) is 3.01. The van der Waals surface area contributed by atoms with Crippen molar-refractivity contribution in [2.45, 2.75) is 0 Å². The van der Waals surface area contributed by atoms with Crippen molar-refractivity contribution in [3.05, 3.63) is 70.6 Å². The van der Waals surface area contributed by atoms with Crippen molar-refractivity contribution < 1.29 is 18.8 Å².